The monoisotopic (exact) mass is 134 g/mol. The van der Waals surface area contributed by atoms with Gasteiger partial charge in [-0.15, -0.1) is 0 Å². The van der Waals surface area contributed by atoms with Crippen LogP contribution < -0.4 is 0 Å². The van der Waals surface area contributed by atoms with Crippen molar-refractivity contribution in [3.63, 3.8) is 0 Å². The molecule has 0 saturated heterocycles. The molecule has 0 saturated carbocycles. The quantitative estimate of drug-likeness (QED) is 0.524. The molecule has 0 heterocycles. The van der Waals surface area contributed by atoms with E-state index >= 15 is 0 Å². The second kappa shape index (κ2) is 2.27. The van der Waals surface area contributed by atoms with Crippen molar-refractivity contribution >= 4 is 12.2 Å². The fourth-order valence-corrected chi connectivity index (χ4v) is 1.15. The van der Waals surface area contributed by atoms with E-state index in [1.807, 2.05) is 0 Å². The standard InChI is InChI=1S/C9H8.H2O/c1-7-3-2-4-8-5-6-9(7)8;/h2-6H,1H3;1H2. The Morgan fingerprint density at radius 3 is 2.30 bits per heavy atom. The van der Waals surface area contributed by atoms with Crippen molar-refractivity contribution < 1.29 is 5.48 Å². The Labute approximate surface area is 60.3 Å². The van der Waals surface area contributed by atoms with Crippen LogP contribution in [-0.2, 0) is 0 Å². The molecule has 10 heavy (non-hydrogen) atoms. The lowest BCUT2D eigenvalue weighted by atomic mass is 9.94. The molecule has 1 aromatic rings. The van der Waals surface area contributed by atoms with Gasteiger partial charge in [0.25, 0.3) is 0 Å². The molecule has 1 aliphatic rings. The summed E-state index contributed by atoms with van der Waals surface area (Å²) in [4.78, 5) is 0. The van der Waals surface area contributed by atoms with Gasteiger partial charge >= 0.3 is 0 Å². The SMILES string of the molecule is Cc1cccc2c1C=C2.O. The maximum Gasteiger partial charge on any atom is -0.0155 e. The van der Waals surface area contributed by atoms with Gasteiger partial charge in [0.1, 0.15) is 0 Å². The summed E-state index contributed by atoms with van der Waals surface area (Å²) >= 11 is 0. The van der Waals surface area contributed by atoms with Crippen LogP contribution in [-0.4, -0.2) is 5.48 Å². The third kappa shape index (κ3) is 0.755. The van der Waals surface area contributed by atoms with Crippen LogP contribution in [0.5, 0.6) is 0 Å². The van der Waals surface area contributed by atoms with Crippen molar-refractivity contribution in [2.24, 2.45) is 0 Å². The Balaban J connectivity index is 0.000000500. The summed E-state index contributed by atoms with van der Waals surface area (Å²) in [5, 5.41) is 0. The normalized spacial score (nSPS) is 11.3. The summed E-state index contributed by atoms with van der Waals surface area (Å²) in [5.41, 5.74) is 4.18. The Hall–Kier alpha value is -1.08. The second-order valence-corrected chi connectivity index (χ2v) is 2.41. The highest BCUT2D eigenvalue weighted by atomic mass is 16.0. The molecule has 1 heteroatoms. The molecule has 1 aromatic carbocycles. The van der Waals surface area contributed by atoms with E-state index in [1.165, 1.54) is 16.7 Å². The lowest BCUT2D eigenvalue weighted by Crippen LogP contribution is -1.91. The third-order valence-electron chi connectivity index (χ3n) is 1.79. The van der Waals surface area contributed by atoms with E-state index < -0.39 is 0 Å². The summed E-state index contributed by atoms with van der Waals surface area (Å²) in [7, 11) is 0. The number of fused-ring (bicyclic) bond motifs is 1. The van der Waals surface area contributed by atoms with Crippen molar-refractivity contribution in [1.29, 1.82) is 0 Å². The largest absolute Gasteiger partial charge is 0.412 e. The van der Waals surface area contributed by atoms with E-state index in [4.69, 9.17) is 0 Å². The molecular formula is C9H10O. The van der Waals surface area contributed by atoms with Crippen LogP contribution in [0.25, 0.3) is 12.2 Å². The van der Waals surface area contributed by atoms with E-state index in [2.05, 4.69) is 37.3 Å². The van der Waals surface area contributed by atoms with E-state index in [0.29, 0.717) is 0 Å². The third-order valence-corrected chi connectivity index (χ3v) is 1.79. The molecule has 52 valence electrons. The summed E-state index contributed by atoms with van der Waals surface area (Å²) in [5.74, 6) is 0. The second-order valence-electron chi connectivity index (χ2n) is 2.41. The van der Waals surface area contributed by atoms with E-state index in [1.54, 1.807) is 0 Å². The predicted molar refractivity (Wildman–Crippen MR) is 43.7 cm³/mol. The van der Waals surface area contributed by atoms with E-state index in [0.717, 1.165) is 0 Å². The van der Waals surface area contributed by atoms with Crippen LogP contribution in [0.15, 0.2) is 18.2 Å². The van der Waals surface area contributed by atoms with Crippen LogP contribution in [0.1, 0.15) is 16.7 Å². The van der Waals surface area contributed by atoms with Crippen LogP contribution >= 0.6 is 0 Å². The molecule has 0 aromatic heterocycles. The molecule has 0 spiro atoms. The van der Waals surface area contributed by atoms with Crippen LogP contribution in [0, 0.1) is 6.92 Å². The lowest BCUT2D eigenvalue weighted by molar-refractivity contribution is 0.824. The molecule has 0 amide bonds. The minimum atomic E-state index is 0. The maximum atomic E-state index is 2.16. The Bertz CT molecular complexity index is 274. The number of hydrogen-bond acceptors (Lipinski definition) is 0. The molecule has 1 aliphatic carbocycles. The smallest absolute Gasteiger partial charge is 0.0155 e. The zero-order valence-electron chi connectivity index (χ0n) is 5.89. The highest BCUT2D eigenvalue weighted by Crippen LogP contribution is 2.25. The van der Waals surface area contributed by atoms with Gasteiger partial charge in [0.15, 0.2) is 0 Å². The molecule has 0 fully saturated rings. The van der Waals surface area contributed by atoms with Gasteiger partial charge in [0.05, 0.1) is 0 Å². The fraction of sp³-hybridized carbons (Fsp3) is 0.111. The first-order chi connectivity index (χ1) is 4.38. The zero-order valence-corrected chi connectivity index (χ0v) is 5.89. The fourth-order valence-electron chi connectivity index (χ4n) is 1.15. The molecule has 0 bridgehead atoms. The van der Waals surface area contributed by atoms with E-state index in [-0.39, 0.29) is 5.48 Å². The lowest BCUT2D eigenvalue weighted by Gasteiger charge is -2.11. The van der Waals surface area contributed by atoms with Crippen molar-refractivity contribution in [3.8, 4) is 0 Å². The van der Waals surface area contributed by atoms with E-state index in [9.17, 15) is 0 Å². The molecule has 0 unspecified atom stereocenters. The Kier molecular flexibility index (Phi) is 1.60. The van der Waals surface area contributed by atoms with Crippen LogP contribution in [0.3, 0.4) is 0 Å². The average Bonchev–Trinajstić information content (AvgIpc) is 1.74. The van der Waals surface area contributed by atoms with Crippen molar-refractivity contribution in [2.75, 3.05) is 0 Å². The number of aryl methyl sites for hydroxylation is 1. The van der Waals surface area contributed by atoms with Gasteiger partial charge in [-0.3, -0.25) is 0 Å². The molecule has 0 aliphatic heterocycles. The molecule has 2 N–H and O–H groups in total. The highest BCUT2D eigenvalue weighted by molar-refractivity contribution is 5.86. The van der Waals surface area contributed by atoms with Crippen LogP contribution in [0.4, 0.5) is 0 Å². The summed E-state index contributed by atoms with van der Waals surface area (Å²) in [6.07, 6.45) is 4.30. The van der Waals surface area contributed by atoms with Gasteiger partial charge in [-0.2, -0.15) is 0 Å². The zero-order chi connectivity index (χ0) is 6.27. The van der Waals surface area contributed by atoms with Crippen molar-refractivity contribution in [2.45, 2.75) is 6.92 Å². The number of hydrogen-bond donors (Lipinski definition) is 0. The minimum absolute atomic E-state index is 0. The first kappa shape index (κ1) is 7.03. The first-order valence-electron chi connectivity index (χ1n) is 3.15. The first-order valence-corrected chi connectivity index (χ1v) is 3.15. The Morgan fingerprint density at radius 1 is 1.10 bits per heavy atom. The molecule has 2 rings (SSSR count). The van der Waals surface area contributed by atoms with Gasteiger partial charge in [-0.05, 0) is 23.6 Å². The molecular weight excluding hydrogens is 124 g/mol. The highest BCUT2D eigenvalue weighted by Gasteiger charge is 2.04. The van der Waals surface area contributed by atoms with Crippen molar-refractivity contribution in [3.05, 3.63) is 34.9 Å². The molecule has 0 radical (unpaired) electrons. The summed E-state index contributed by atoms with van der Waals surface area (Å²) in [6, 6.07) is 6.38. The number of rotatable bonds is 0. The van der Waals surface area contributed by atoms with Crippen molar-refractivity contribution in [1.82, 2.24) is 0 Å². The average molecular weight is 134 g/mol. The van der Waals surface area contributed by atoms with Gasteiger partial charge in [-0.1, -0.05) is 30.4 Å². The number of benzene rings is 1. The van der Waals surface area contributed by atoms with Crippen LogP contribution in [0.2, 0.25) is 0 Å². The molecule has 1 nitrogen and oxygen atoms in total. The summed E-state index contributed by atoms with van der Waals surface area (Å²) < 4.78 is 0. The van der Waals surface area contributed by atoms with Gasteiger partial charge < -0.3 is 5.48 Å². The topological polar surface area (TPSA) is 31.5 Å². The van der Waals surface area contributed by atoms with Gasteiger partial charge in [0.2, 0.25) is 0 Å². The molecule has 0 atom stereocenters. The minimum Gasteiger partial charge on any atom is -0.412 e. The predicted octanol–water partition coefficient (Wildman–Crippen LogP) is 1.65. The van der Waals surface area contributed by atoms with Gasteiger partial charge in [-0.25, -0.2) is 0 Å². The summed E-state index contributed by atoms with van der Waals surface area (Å²) in [6.45, 7) is 2.14. The maximum absolute atomic E-state index is 2.16. The Morgan fingerprint density at radius 2 is 1.90 bits per heavy atom. The van der Waals surface area contributed by atoms with Gasteiger partial charge in [0, 0.05) is 0 Å².